The van der Waals surface area contributed by atoms with Gasteiger partial charge >= 0.3 is 12.6 Å². The Bertz CT molecular complexity index is 783. The predicted molar refractivity (Wildman–Crippen MR) is 88.9 cm³/mol. The third kappa shape index (κ3) is 3.88. The van der Waals surface area contributed by atoms with Crippen molar-refractivity contribution in [3.05, 3.63) is 59.2 Å². The highest BCUT2D eigenvalue weighted by molar-refractivity contribution is 5.90. The highest BCUT2D eigenvalue weighted by Gasteiger charge is 2.31. The average molecular weight is 348 g/mol. The van der Waals surface area contributed by atoms with E-state index in [0.717, 1.165) is 11.1 Å². The molecule has 0 spiro atoms. The fraction of sp³-hybridized carbons (Fsp3) is 0.278. The Balaban J connectivity index is 1.69. The summed E-state index contributed by atoms with van der Waals surface area (Å²) in [4.78, 5) is 12.2. The number of benzene rings is 2. The molecule has 2 atom stereocenters. The zero-order valence-electron chi connectivity index (χ0n) is 13.5. The van der Waals surface area contributed by atoms with Crippen LogP contribution in [0.25, 0.3) is 0 Å². The lowest BCUT2D eigenvalue weighted by Crippen LogP contribution is -2.36. The Morgan fingerprint density at radius 3 is 2.80 bits per heavy atom. The number of hydrogen-bond acceptors (Lipinski definition) is 3. The second-order valence-electron chi connectivity index (χ2n) is 5.91. The zero-order valence-corrected chi connectivity index (χ0v) is 13.5. The molecule has 0 saturated heterocycles. The minimum atomic E-state index is -2.94. The molecule has 0 aromatic heterocycles. The van der Waals surface area contributed by atoms with E-state index in [9.17, 15) is 18.7 Å². The number of carbonyl (C=O) groups excluding carboxylic acids is 1. The maximum Gasteiger partial charge on any atom is 0.387 e. The average Bonchev–Trinajstić information content (AvgIpc) is 2.86. The standard InChI is InChI=1S/C18H18F2N2O3/c1-10-6-7-12(9-15(10)25-17(19)20)21-18(24)22-16-13-5-3-2-4-11(13)8-14(16)23/h2-7,9,14,16-17,23H,8H2,1H3,(H2,21,22,24)/t14-,16+/m0/s1. The molecule has 132 valence electrons. The van der Waals surface area contributed by atoms with Gasteiger partial charge < -0.3 is 20.5 Å². The van der Waals surface area contributed by atoms with Gasteiger partial charge in [-0.15, -0.1) is 0 Å². The number of aliphatic hydroxyl groups is 1. The number of amides is 2. The summed E-state index contributed by atoms with van der Waals surface area (Å²) in [5.41, 5.74) is 2.71. The lowest BCUT2D eigenvalue weighted by atomic mass is 10.1. The lowest BCUT2D eigenvalue weighted by Gasteiger charge is -2.18. The topological polar surface area (TPSA) is 70.6 Å². The first-order valence-corrected chi connectivity index (χ1v) is 7.83. The molecule has 25 heavy (non-hydrogen) atoms. The summed E-state index contributed by atoms with van der Waals surface area (Å²) >= 11 is 0. The van der Waals surface area contributed by atoms with Gasteiger partial charge in [0.05, 0.1) is 12.1 Å². The first kappa shape index (κ1) is 17.2. The van der Waals surface area contributed by atoms with Gasteiger partial charge in [0, 0.05) is 18.2 Å². The van der Waals surface area contributed by atoms with E-state index in [1.54, 1.807) is 19.1 Å². The summed E-state index contributed by atoms with van der Waals surface area (Å²) in [6, 6.07) is 10.9. The van der Waals surface area contributed by atoms with Gasteiger partial charge in [-0.25, -0.2) is 4.79 Å². The van der Waals surface area contributed by atoms with Crippen molar-refractivity contribution in [3.8, 4) is 5.75 Å². The van der Waals surface area contributed by atoms with Gasteiger partial charge in [-0.3, -0.25) is 0 Å². The van der Waals surface area contributed by atoms with Crippen LogP contribution >= 0.6 is 0 Å². The third-order valence-electron chi connectivity index (χ3n) is 4.15. The van der Waals surface area contributed by atoms with Crippen molar-refractivity contribution in [3.63, 3.8) is 0 Å². The molecule has 0 saturated carbocycles. The molecule has 2 aromatic carbocycles. The van der Waals surface area contributed by atoms with E-state index in [1.807, 2.05) is 24.3 Å². The summed E-state index contributed by atoms with van der Waals surface area (Å²) in [6.45, 7) is -1.30. The van der Waals surface area contributed by atoms with Crippen LogP contribution in [0.1, 0.15) is 22.7 Å². The number of alkyl halides is 2. The molecule has 3 rings (SSSR count). The highest BCUT2D eigenvalue weighted by atomic mass is 19.3. The highest BCUT2D eigenvalue weighted by Crippen LogP contribution is 2.31. The largest absolute Gasteiger partial charge is 0.434 e. The number of anilines is 1. The SMILES string of the molecule is Cc1ccc(NC(=O)N[C@@H]2c3ccccc3C[C@@H]2O)cc1OC(F)F. The van der Waals surface area contributed by atoms with Gasteiger partial charge in [-0.2, -0.15) is 8.78 Å². The van der Waals surface area contributed by atoms with Crippen LogP contribution in [0.2, 0.25) is 0 Å². The summed E-state index contributed by atoms with van der Waals surface area (Å²) in [6.07, 6.45) is -0.239. The fourth-order valence-electron chi connectivity index (χ4n) is 2.96. The Labute approximate surface area is 143 Å². The van der Waals surface area contributed by atoms with Crippen molar-refractivity contribution in [2.75, 3.05) is 5.32 Å². The van der Waals surface area contributed by atoms with Crippen molar-refractivity contribution < 1.29 is 23.4 Å². The monoisotopic (exact) mass is 348 g/mol. The van der Waals surface area contributed by atoms with Crippen LogP contribution in [0.15, 0.2) is 42.5 Å². The first-order valence-electron chi connectivity index (χ1n) is 7.83. The lowest BCUT2D eigenvalue weighted by molar-refractivity contribution is -0.0502. The second-order valence-corrected chi connectivity index (χ2v) is 5.91. The van der Waals surface area contributed by atoms with Crippen molar-refractivity contribution in [2.45, 2.75) is 32.1 Å². The fourth-order valence-corrected chi connectivity index (χ4v) is 2.96. The molecule has 2 amide bonds. The van der Waals surface area contributed by atoms with Gasteiger partial charge in [0.25, 0.3) is 0 Å². The molecule has 7 heteroatoms. The van der Waals surface area contributed by atoms with Crippen LogP contribution < -0.4 is 15.4 Å². The number of nitrogens with one attached hydrogen (secondary N) is 2. The van der Waals surface area contributed by atoms with Gasteiger partial charge in [0.15, 0.2) is 0 Å². The Hall–Kier alpha value is -2.67. The van der Waals surface area contributed by atoms with Crippen LogP contribution in [-0.4, -0.2) is 23.9 Å². The van der Waals surface area contributed by atoms with E-state index >= 15 is 0 Å². The quantitative estimate of drug-likeness (QED) is 0.793. The van der Waals surface area contributed by atoms with Gasteiger partial charge in [0.2, 0.25) is 0 Å². The summed E-state index contributed by atoms with van der Waals surface area (Å²) in [5.74, 6) is -0.000883. The molecule has 2 aromatic rings. The van der Waals surface area contributed by atoms with Crippen LogP contribution in [-0.2, 0) is 6.42 Å². The number of aryl methyl sites for hydroxylation is 1. The van der Waals surface area contributed by atoms with Gasteiger partial charge in [-0.05, 0) is 29.7 Å². The minimum Gasteiger partial charge on any atom is -0.434 e. The zero-order chi connectivity index (χ0) is 18.0. The van der Waals surface area contributed by atoms with E-state index in [1.165, 1.54) is 6.07 Å². The van der Waals surface area contributed by atoms with Crippen LogP contribution in [0.4, 0.5) is 19.3 Å². The van der Waals surface area contributed by atoms with Crippen molar-refractivity contribution in [2.24, 2.45) is 0 Å². The third-order valence-corrected chi connectivity index (χ3v) is 4.15. The summed E-state index contributed by atoms with van der Waals surface area (Å²) < 4.78 is 29.2. The summed E-state index contributed by atoms with van der Waals surface area (Å²) in [5, 5.41) is 15.5. The molecule has 0 bridgehead atoms. The van der Waals surface area contributed by atoms with Crippen molar-refractivity contribution >= 4 is 11.7 Å². The number of fused-ring (bicyclic) bond motifs is 1. The summed E-state index contributed by atoms with van der Waals surface area (Å²) in [7, 11) is 0. The smallest absolute Gasteiger partial charge is 0.387 e. The number of urea groups is 1. The van der Waals surface area contributed by atoms with E-state index < -0.39 is 24.8 Å². The number of rotatable bonds is 4. The van der Waals surface area contributed by atoms with Gasteiger partial charge in [-0.1, -0.05) is 30.3 Å². The van der Waals surface area contributed by atoms with E-state index in [4.69, 9.17) is 0 Å². The van der Waals surface area contributed by atoms with E-state index in [0.29, 0.717) is 17.7 Å². The van der Waals surface area contributed by atoms with Gasteiger partial charge in [0.1, 0.15) is 5.75 Å². The molecule has 1 aliphatic carbocycles. The Morgan fingerprint density at radius 1 is 1.28 bits per heavy atom. The Morgan fingerprint density at radius 2 is 2.04 bits per heavy atom. The molecular weight excluding hydrogens is 330 g/mol. The number of aliphatic hydroxyl groups excluding tert-OH is 1. The molecule has 0 fully saturated rings. The molecule has 0 aliphatic heterocycles. The van der Waals surface area contributed by atoms with E-state index in [2.05, 4.69) is 15.4 Å². The number of halogens is 2. The van der Waals surface area contributed by atoms with E-state index in [-0.39, 0.29) is 5.75 Å². The Kier molecular flexibility index (Phi) is 4.85. The number of hydrogen-bond donors (Lipinski definition) is 3. The van der Waals surface area contributed by atoms with Crippen LogP contribution in [0.5, 0.6) is 5.75 Å². The van der Waals surface area contributed by atoms with Crippen LogP contribution in [0.3, 0.4) is 0 Å². The first-order chi connectivity index (χ1) is 11.9. The number of ether oxygens (including phenoxy) is 1. The maximum atomic E-state index is 12.4. The molecule has 5 nitrogen and oxygen atoms in total. The normalized spacial score (nSPS) is 18.8. The van der Waals surface area contributed by atoms with Crippen molar-refractivity contribution in [1.29, 1.82) is 0 Å². The maximum absolute atomic E-state index is 12.4. The molecule has 0 heterocycles. The number of carbonyl (C=O) groups is 1. The minimum absolute atomic E-state index is 0.000883. The molecule has 0 radical (unpaired) electrons. The molecule has 0 unspecified atom stereocenters. The molecule has 1 aliphatic rings. The van der Waals surface area contributed by atoms with Crippen LogP contribution in [0, 0.1) is 6.92 Å². The second kappa shape index (κ2) is 7.06. The molecule has 3 N–H and O–H groups in total. The molecular formula is C18H18F2N2O3. The predicted octanol–water partition coefficient (Wildman–Crippen LogP) is 3.38. The van der Waals surface area contributed by atoms with Crippen molar-refractivity contribution in [1.82, 2.24) is 5.32 Å².